The fourth-order valence-electron chi connectivity index (χ4n) is 1.90. The van der Waals surface area contributed by atoms with E-state index in [0.29, 0.717) is 0 Å². The van der Waals surface area contributed by atoms with Gasteiger partial charge < -0.3 is 5.32 Å². The van der Waals surface area contributed by atoms with Crippen molar-refractivity contribution in [3.63, 3.8) is 0 Å². The Balaban J connectivity index is 2.15. The van der Waals surface area contributed by atoms with Gasteiger partial charge in [-0.05, 0) is 11.4 Å². The molecule has 0 aromatic carbocycles. The Hall–Kier alpha value is -1.26. The third-order valence-corrected chi connectivity index (χ3v) is 3.51. The van der Waals surface area contributed by atoms with Crippen molar-refractivity contribution in [3.8, 4) is 10.6 Å². The fourth-order valence-corrected chi connectivity index (χ4v) is 2.64. The molecule has 2 aromatic heterocycles. The zero-order chi connectivity index (χ0) is 10.1. The molecule has 0 bridgehead atoms. The minimum Gasteiger partial charge on any atom is -0.312 e. The Morgan fingerprint density at radius 1 is 1.33 bits per heavy atom. The van der Waals surface area contributed by atoms with Crippen molar-refractivity contribution in [1.82, 2.24) is 15.3 Å². The standard InChI is InChI=1S/C11H11N3S/c1-2-10(15-5-1)11-8-6-12-4-3-9(8)13-7-14-11/h1-2,5,7,12H,3-4,6H2. The van der Waals surface area contributed by atoms with Gasteiger partial charge in [0.15, 0.2) is 0 Å². The van der Waals surface area contributed by atoms with E-state index in [9.17, 15) is 0 Å². The maximum absolute atomic E-state index is 4.39. The number of thiophene rings is 1. The van der Waals surface area contributed by atoms with Crippen molar-refractivity contribution in [2.45, 2.75) is 13.0 Å². The molecule has 0 saturated heterocycles. The molecular weight excluding hydrogens is 206 g/mol. The molecule has 0 unspecified atom stereocenters. The van der Waals surface area contributed by atoms with Gasteiger partial charge in [0, 0.05) is 25.1 Å². The van der Waals surface area contributed by atoms with E-state index in [0.717, 1.165) is 25.2 Å². The lowest BCUT2D eigenvalue weighted by molar-refractivity contribution is 0.627. The lowest BCUT2D eigenvalue weighted by atomic mass is 10.0. The first-order chi connectivity index (χ1) is 7.45. The summed E-state index contributed by atoms with van der Waals surface area (Å²) in [6, 6.07) is 4.17. The van der Waals surface area contributed by atoms with Crippen LogP contribution < -0.4 is 5.32 Å². The van der Waals surface area contributed by atoms with Crippen LogP contribution in [0.2, 0.25) is 0 Å². The number of fused-ring (bicyclic) bond motifs is 1. The number of rotatable bonds is 1. The molecular formula is C11H11N3S. The lowest BCUT2D eigenvalue weighted by Gasteiger charge is -2.17. The van der Waals surface area contributed by atoms with Gasteiger partial charge in [-0.3, -0.25) is 0 Å². The smallest absolute Gasteiger partial charge is 0.116 e. The van der Waals surface area contributed by atoms with Gasteiger partial charge in [-0.15, -0.1) is 11.3 Å². The van der Waals surface area contributed by atoms with E-state index >= 15 is 0 Å². The van der Waals surface area contributed by atoms with E-state index in [2.05, 4.69) is 32.8 Å². The zero-order valence-electron chi connectivity index (χ0n) is 8.23. The van der Waals surface area contributed by atoms with Crippen LogP contribution in [-0.4, -0.2) is 16.5 Å². The highest BCUT2D eigenvalue weighted by molar-refractivity contribution is 7.13. The molecule has 15 heavy (non-hydrogen) atoms. The largest absolute Gasteiger partial charge is 0.312 e. The Bertz CT molecular complexity index is 465. The average molecular weight is 217 g/mol. The van der Waals surface area contributed by atoms with Gasteiger partial charge in [-0.2, -0.15) is 0 Å². The Morgan fingerprint density at radius 3 is 3.20 bits per heavy atom. The monoisotopic (exact) mass is 217 g/mol. The molecule has 76 valence electrons. The van der Waals surface area contributed by atoms with Crippen LogP contribution in [0.3, 0.4) is 0 Å². The first-order valence-corrected chi connectivity index (χ1v) is 5.90. The molecule has 3 nitrogen and oxygen atoms in total. The molecule has 1 aliphatic rings. The number of nitrogens with one attached hydrogen (secondary N) is 1. The maximum atomic E-state index is 4.39. The second-order valence-corrected chi connectivity index (χ2v) is 4.50. The molecule has 4 heteroatoms. The SMILES string of the molecule is c1csc(-c2ncnc3c2CNCC3)c1. The maximum Gasteiger partial charge on any atom is 0.116 e. The number of hydrogen-bond donors (Lipinski definition) is 1. The van der Waals surface area contributed by atoms with Gasteiger partial charge in [0.25, 0.3) is 0 Å². The molecule has 0 amide bonds. The molecule has 3 rings (SSSR count). The lowest BCUT2D eigenvalue weighted by Crippen LogP contribution is -2.25. The van der Waals surface area contributed by atoms with E-state index in [4.69, 9.17) is 0 Å². The molecule has 0 radical (unpaired) electrons. The highest BCUT2D eigenvalue weighted by Gasteiger charge is 2.16. The first kappa shape index (κ1) is 9.00. The summed E-state index contributed by atoms with van der Waals surface area (Å²) in [6.07, 6.45) is 2.69. The van der Waals surface area contributed by atoms with E-state index in [1.165, 1.54) is 16.1 Å². The van der Waals surface area contributed by atoms with E-state index in [1.54, 1.807) is 17.7 Å². The summed E-state index contributed by atoms with van der Waals surface area (Å²) in [4.78, 5) is 9.97. The molecule has 2 aromatic rings. The molecule has 0 atom stereocenters. The Kier molecular flexibility index (Phi) is 2.23. The number of aromatic nitrogens is 2. The van der Waals surface area contributed by atoms with Crippen LogP contribution in [0.25, 0.3) is 10.6 Å². The van der Waals surface area contributed by atoms with Gasteiger partial charge in [-0.25, -0.2) is 9.97 Å². The fraction of sp³-hybridized carbons (Fsp3) is 0.273. The summed E-state index contributed by atoms with van der Waals surface area (Å²) >= 11 is 1.73. The average Bonchev–Trinajstić information content (AvgIpc) is 2.82. The summed E-state index contributed by atoms with van der Waals surface area (Å²) in [5.41, 5.74) is 3.57. The quantitative estimate of drug-likeness (QED) is 0.792. The second kappa shape index (κ2) is 3.72. The highest BCUT2D eigenvalue weighted by atomic mass is 32.1. The molecule has 0 fully saturated rings. The van der Waals surface area contributed by atoms with Crippen LogP contribution in [0.5, 0.6) is 0 Å². The normalized spacial score (nSPS) is 14.9. The van der Waals surface area contributed by atoms with Crippen LogP contribution in [0.1, 0.15) is 11.3 Å². The van der Waals surface area contributed by atoms with Gasteiger partial charge in [-0.1, -0.05) is 6.07 Å². The summed E-state index contributed by atoms with van der Waals surface area (Å²) in [6.45, 7) is 1.91. The van der Waals surface area contributed by atoms with Gasteiger partial charge >= 0.3 is 0 Å². The van der Waals surface area contributed by atoms with Crippen molar-refractivity contribution < 1.29 is 0 Å². The van der Waals surface area contributed by atoms with Crippen LogP contribution in [0, 0.1) is 0 Å². The molecule has 1 aliphatic heterocycles. The van der Waals surface area contributed by atoms with Crippen molar-refractivity contribution in [3.05, 3.63) is 35.1 Å². The summed E-state index contributed by atoms with van der Waals surface area (Å²) in [5, 5.41) is 5.45. The predicted octanol–water partition coefficient (Wildman–Crippen LogP) is 1.85. The van der Waals surface area contributed by atoms with Crippen molar-refractivity contribution in [2.24, 2.45) is 0 Å². The van der Waals surface area contributed by atoms with E-state index in [-0.39, 0.29) is 0 Å². The minimum atomic E-state index is 0.892. The van der Waals surface area contributed by atoms with Crippen molar-refractivity contribution in [2.75, 3.05) is 6.54 Å². The summed E-state index contributed by atoms with van der Waals surface area (Å²) in [5.74, 6) is 0. The number of hydrogen-bond acceptors (Lipinski definition) is 4. The zero-order valence-corrected chi connectivity index (χ0v) is 9.05. The van der Waals surface area contributed by atoms with E-state index in [1.807, 2.05) is 0 Å². The molecule has 0 spiro atoms. The Morgan fingerprint density at radius 2 is 2.33 bits per heavy atom. The van der Waals surface area contributed by atoms with Crippen LogP contribution in [0.15, 0.2) is 23.8 Å². The topological polar surface area (TPSA) is 37.8 Å². The van der Waals surface area contributed by atoms with Gasteiger partial charge in [0.05, 0.1) is 16.3 Å². The first-order valence-electron chi connectivity index (χ1n) is 5.02. The second-order valence-electron chi connectivity index (χ2n) is 3.55. The van der Waals surface area contributed by atoms with Crippen molar-refractivity contribution >= 4 is 11.3 Å². The van der Waals surface area contributed by atoms with Crippen LogP contribution in [0.4, 0.5) is 0 Å². The van der Waals surface area contributed by atoms with Crippen molar-refractivity contribution in [1.29, 1.82) is 0 Å². The number of nitrogens with zero attached hydrogens (tertiary/aromatic N) is 2. The van der Waals surface area contributed by atoms with Crippen LogP contribution in [-0.2, 0) is 13.0 Å². The molecule has 3 heterocycles. The van der Waals surface area contributed by atoms with Gasteiger partial charge in [0.2, 0.25) is 0 Å². The summed E-state index contributed by atoms with van der Waals surface area (Å²) < 4.78 is 0. The third kappa shape index (κ3) is 1.56. The highest BCUT2D eigenvalue weighted by Crippen LogP contribution is 2.28. The Labute approximate surface area is 92.2 Å². The molecule has 0 saturated carbocycles. The molecule has 1 N–H and O–H groups in total. The molecule has 0 aliphatic carbocycles. The predicted molar refractivity (Wildman–Crippen MR) is 60.8 cm³/mol. The minimum absolute atomic E-state index is 0.892. The summed E-state index contributed by atoms with van der Waals surface area (Å²) in [7, 11) is 0. The third-order valence-electron chi connectivity index (χ3n) is 2.63. The van der Waals surface area contributed by atoms with E-state index < -0.39 is 0 Å². The van der Waals surface area contributed by atoms with Crippen LogP contribution >= 0.6 is 11.3 Å². The van der Waals surface area contributed by atoms with Gasteiger partial charge in [0.1, 0.15) is 6.33 Å².